The Morgan fingerprint density at radius 3 is 2.58 bits per heavy atom. The average molecular weight is 372 g/mol. The molecule has 2 aromatic rings. The Morgan fingerprint density at radius 1 is 1.00 bits per heavy atom. The van der Waals surface area contributed by atoms with Gasteiger partial charge >= 0.3 is 0 Å². The second-order valence-corrected chi connectivity index (χ2v) is 8.75. The molecule has 1 fully saturated rings. The van der Waals surface area contributed by atoms with Gasteiger partial charge in [0.25, 0.3) is 0 Å². The van der Waals surface area contributed by atoms with Crippen molar-refractivity contribution >= 4 is 15.8 Å². The Hall–Kier alpha value is -1.99. The third-order valence-corrected chi connectivity index (χ3v) is 6.57. The van der Waals surface area contributed by atoms with Gasteiger partial charge in [0, 0.05) is 19.3 Å². The van der Waals surface area contributed by atoms with Crippen LogP contribution in [0.2, 0.25) is 0 Å². The van der Waals surface area contributed by atoms with Gasteiger partial charge in [-0.25, -0.2) is 23.1 Å². The van der Waals surface area contributed by atoms with Gasteiger partial charge in [-0.1, -0.05) is 6.07 Å². The van der Waals surface area contributed by atoms with E-state index in [4.69, 9.17) is 0 Å². The second kappa shape index (κ2) is 7.32. The average Bonchev–Trinajstić information content (AvgIpc) is 3.21. The standard InChI is InChI=1S/C19H24N4O2S/c24-26(25,17-8-7-15-5-1-2-6-16(15)13-17)21-14-18-20-10-9-19(22-18)23-11-3-4-12-23/h7-10,13,21H,1-6,11-12,14H2. The molecule has 0 atom stereocenters. The summed E-state index contributed by atoms with van der Waals surface area (Å²) in [4.78, 5) is 11.3. The molecule has 0 saturated carbocycles. The lowest BCUT2D eigenvalue weighted by Gasteiger charge is -2.17. The van der Waals surface area contributed by atoms with Crippen molar-refractivity contribution in [2.75, 3.05) is 18.0 Å². The summed E-state index contributed by atoms with van der Waals surface area (Å²) < 4.78 is 28.0. The van der Waals surface area contributed by atoms with Crippen LogP contribution in [-0.4, -0.2) is 31.5 Å². The first-order valence-corrected chi connectivity index (χ1v) is 10.8. The van der Waals surface area contributed by atoms with E-state index in [-0.39, 0.29) is 6.54 Å². The summed E-state index contributed by atoms with van der Waals surface area (Å²) in [6.45, 7) is 2.09. The van der Waals surface area contributed by atoms with Gasteiger partial charge in [-0.3, -0.25) is 0 Å². The van der Waals surface area contributed by atoms with E-state index in [1.54, 1.807) is 12.3 Å². The minimum absolute atomic E-state index is 0.0983. The number of sulfonamides is 1. The topological polar surface area (TPSA) is 75.2 Å². The molecule has 0 unspecified atom stereocenters. The highest BCUT2D eigenvalue weighted by molar-refractivity contribution is 7.89. The number of rotatable bonds is 5. The monoisotopic (exact) mass is 372 g/mol. The Kier molecular flexibility index (Phi) is 4.91. The van der Waals surface area contributed by atoms with E-state index < -0.39 is 10.0 Å². The highest BCUT2D eigenvalue weighted by Gasteiger charge is 2.19. The lowest BCUT2D eigenvalue weighted by atomic mass is 9.92. The van der Waals surface area contributed by atoms with Crippen LogP contribution in [0, 0.1) is 0 Å². The van der Waals surface area contributed by atoms with E-state index in [1.807, 2.05) is 18.2 Å². The molecule has 1 aromatic carbocycles. The van der Waals surface area contributed by atoms with Crippen LogP contribution < -0.4 is 9.62 Å². The molecule has 1 aromatic heterocycles. The number of hydrogen-bond acceptors (Lipinski definition) is 5. The molecule has 1 saturated heterocycles. The van der Waals surface area contributed by atoms with Crippen molar-refractivity contribution in [3.8, 4) is 0 Å². The van der Waals surface area contributed by atoms with E-state index >= 15 is 0 Å². The molecule has 1 aliphatic carbocycles. The molecule has 0 bridgehead atoms. The van der Waals surface area contributed by atoms with Crippen LogP contribution >= 0.6 is 0 Å². The van der Waals surface area contributed by atoms with Crippen molar-refractivity contribution in [1.82, 2.24) is 14.7 Å². The van der Waals surface area contributed by atoms with Crippen molar-refractivity contribution in [1.29, 1.82) is 0 Å². The number of anilines is 1. The quantitative estimate of drug-likeness (QED) is 0.872. The Morgan fingerprint density at radius 2 is 1.77 bits per heavy atom. The van der Waals surface area contributed by atoms with Crippen LogP contribution in [0.4, 0.5) is 5.82 Å². The van der Waals surface area contributed by atoms with Gasteiger partial charge in [0.15, 0.2) is 0 Å². The fourth-order valence-electron chi connectivity index (χ4n) is 3.72. The zero-order chi connectivity index (χ0) is 18.0. The molecule has 1 aliphatic heterocycles. The van der Waals surface area contributed by atoms with Crippen molar-refractivity contribution in [2.45, 2.75) is 50.0 Å². The number of aryl methyl sites for hydroxylation is 2. The summed E-state index contributed by atoms with van der Waals surface area (Å²) in [6, 6.07) is 7.35. The number of nitrogens with one attached hydrogen (secondary N) is 1. The van der Waals surface area contributed by atoms with Crippen molar-refractivity contribution in [2.24, 2.45) is 0 Å². The van der Waals surface area contributed by atoms with E-state index in [2.05, 4.69) is 19.6 Å². The molecule has 0 amide bonds. The molecule has 6 nitrogen and oxygen atoms in total. The number of aromatic nitrogens is 2. The summed E-state index contributed by atoms with van der Waals surface area (Å²) >= 11 is 0. The SMILES string of the molecule is O=S(=O)(NCc1nccc(N2CCCC2)n1)c1ccc2c(c1)CCCC2. The molecule has 26 heavy (non-hydrogen) atoms. The van der Waals surface area contributed by atoms with E-state index in [9.17, 15) is 8.42 Å². The lowest BCUT2D eigenvalue weighted by Crippen LogP contribution is -2.25. The molecule has 138 valence electrons. The lowest BCUT2D eigenvalue weighted by molar-refractivity contribution is 0.578. The molecule has 4 rings (SSSR count). The number of benzene rings is 1. The fraction of sp³-hybridized carbons (Fsp3) is 0.474. The van der Waals surface area contributed by atoms with Gasteiger partial charge in [0.2, 0.25) is 10.0 Å². The van der Waals surface area contributed by atoms with Gasteiger partial charge in [0.05, 0.1) is 11.4 Å². The molecular formula is C19H24N4O2S. The normalized spacial score (nSPS) is 17.3. The van der Waals surface area contributed by atoms with Crippen LogP contribution in [0.15, 0.2) is 35.4 Å². The maximum absolute atomic E-state index is 12.7. The van der Waals surface area contributed by atoms with E-state index in [1.165, 1.54) is 24.8 Å². The molecular weight excluding hydrogens is 348 g/mol. The third kappa shape index (κ3) is 3.73. The number of nitrogens with zero attached hydrogens (tertiary/aromatic N) is 3. The maximum Gasteiger partial charge on any atom is 0.240 e. The molecule has 7 heteroatoms. The smallest absolute Gasteiger partial charge is 0.240 e. The predicted octanol–water partition coefficient (Wildman–Crippen LogP) is 2.43. The molecule has 1 N–H and O–H groups in total. The van der Waals surface area contributed by atoms with E-state index in [0.29, 0.717) is 10.7 Å². The summed E-state index contributed by atoms with van der Waals surface area (Å²) in [5, 5.41) is 0. The predicted molar refractivity (Wildman–Crippen MR) is 101 cm³/mol. The van der Waals surface area contributed by atoms with Crippen LogP contribution in [0.25, 0.3) is 0 Å². The van der Waals surface area contributed by atoms with Crippen LogP contribution in [0.1, 0.15) is 42.6 Å². The minimum Gasteiger partial charge on any atom is -0.357 e. The van der Waals surface area contributed by atoms with Gasteiger partial charge < -0.3 is 4.90 Å². The molecule has 2 aliphatic rings. The van der Waals surface area contributed by atoms with Crippen molar-refractivity contribution in [3.05, 3.63) is 47.4 Å². The van der Waals surface area contributed by atoms with Gasteiger partial charge in [-0.15, -0.1) is 0 Å². The first kappa shape index (κ1) is 17.4. The molecule has 0 spiro atoms. The summed E-state index contributed by atoms with van der Waals surface area (Å²) in [7, 11) is -3.57. The zero-order valence-corrected chi connectivity index (χ0v) is 15.6. The number of hydrogen-bond donors (Lipinski definition) is 1. The highest BCUT2D eigenvalue weighted by Crippen LogP contribution is 2.24. The largest absolute Gasteiger partial charge is 0.357 e. The number of fused-ring (bicyclic) bond motifs is 1. The second-order valence-electron chi connectivity index (χ2n) is 6.99. The first-order valence-electron chi connectivity index (χ1n) is 9.30. The summed E-state index contributed by atoms with van der Waals surface area (Å²) in [5.41, 5.74) is 2.43. The third-order valence-electron chi connectivity index (χ3n) is 5.17. The first-order chi connectivity index (χ1) is 12.6. The van der Waals surface area contributed by atoms with Crippen LogP contribution in [-0.2, 0) is 29.4 Å². The molecule has 0 radical (unpaired) electrons. The summed E-state index contributed by atoms with van der Waals surface area (Å²) in [6.07, 6.45) is 8.35. The zero-order valence-electron chi connectivity index (χ0n) is 14.8. The Bertz CT molecular complexity index is 892. The van der Waals surface area contributed by atoms with Crippen molar-refractivity contribution < 1.29 is 8.42 Å². The molecule has 2 heterocycles. The maximum atomic E-state index is 12.7. The van der Waals surface area contributed by atoms with Crippen molar-refractivity contribution in [3.63, 3.8) is 0 Å². The Labute approximate surface area is 154 Å². The Balaban J connectivity index is 1.47. The summed E-state index contributed by atoms with van der Waals surface area (Å²) in [5.74, 6) is 1.37. The van der Waals surface area contributed by atoms with Gasteiger partial charge in [0.1, 0.15) is 11.6 Å². The minimum atomic E-state index is -3.57. The van der Waals surface area contributed by atoms with E-state index in [0.717, 1.165) is 43.7 Å². The highest BCUT2D eigenvalue weighted by atomic mass is 32.2. The van der Waals surface area contributed by atoms with Crippen LogP contribution in [0.3, 0.4) is 0 Å². The van der Waals surface area contributed by atoms with Gasteiger partial charge in [-0.05, 0) is 67.9 Å². The fourth-order valence-corrected chi connectivity index (χ4v) is 4.75. The van der Waals surface area contributed by atoms with Gasteiger partial charge in [-0.2, -0.15) is 0 Å². The van der Waals surface area contributed by atoms with Crippen LogP contribution in [0.5, 0.6) is 0 Å².